The minimum Gasteiger partial charge on any atom is -0.493 e. The lowest BCUT2D eigenvalue weighted by Crippen LogP contribution is -2.22. The van der Waals surface area contributed by atoms with Gasteiger partial charge in [0.25, 0.3) is 0 Å². The van der Waals surface area contributed by atoms with Crippen molar-refractivity contribution in [2.75, 3.05) is 13.2 Å². The molecule has 0 radical (unpaired) electrons. The van der Waals surface area contributed by atoms with Crippen LogP contribution in [0.1, 0.15) is 75.5 Å². The summed E-state index contributed by atoms with van der Waals surface area (Å²) >= 11 is 0. The first-order chi connectivity index (χ1) is 10.3. The van der Waals surface area contributed by atoms with E-state index in [1.54, 1.807) is 0 Å². The molecule has 1 aromatic rings. The molecule has 118 valence electrons. The molecule has 0 saturated heterocycles. The van der Waals surface area contributed by atoms with E-state index in [2.05, 4.69) is 37.4 Å². The smallest absolute Gasteiger partial charge is 0.126 e. The van der Waals surface area contributed by atoms with Crippen LogP contribution in [0.3, 0.4) is 0 Å². The highest BCUT2D eigenvalue weighted by Gasteiger charge is 2.20. The lowest BCUT2D eigenvalue weighted by Gasteiger charge is -2.19. The molecule has 0 spiro atoms. The molecule has 1 aliphatic rings. The maximum Gasteiger partial charge on any atom is 0.126 e. The SMILES string of the molecule is CCCCCCCCNC1CCCOc2c(C)cccc21. The van der Waals surface area contributed by atoms with Crippen LogP contribution < -0.4 is 10.1 Å². The Labute approximate surface area is 130 Å². The molecule has 1 unspecified atom stereocenters. The lowest BCUT2D eigenvalue weighted by molar-refractivity contribution is 0.313. The van der Waals surface area contributed by atoms with E-state index in [-0.39, 0.29) is 0 Å². The highest BCUT2D eigenvalue weighted by Crippen LogP contribution is 2.33. The normalized spacial score (nSPS) is 17.9. The van der Waals surface area contributed by atoms with Gasteiger partial charge < -0.3 is 10.1 Å². The Hall–Kier alpha value is -1.02. The van der Waals surface area contributed by atoms with Gasteiger partial charge in [-0.1, -0.05) is 57.2 Å². The van der Waals surface area contributed by atoms with E-state index in [1.807, 2.05) is 0 Å². The molecular weight excluding hydrogens is 258 g/mol. The van der Waals surface area contributed by atoms with Crippen molar-refractivity contribution < 1.29 is 4.74 Å². The maximum absolute atomic E-state index is 5.94. The number of para-hydroxylation sites is 1. The quantitative estimate of drug-likeness (QED) is 0.667. The van der Waals surface area contributed by atoms with Crippen molar-refractivity contribution in [3.8, 4) is 5.75 Å². The van der Waals surface area contributed by atoms with Gasteiger partial charge in [0.15, 0.2) is 0 Å². The van der Waals surface area contributed by atoms with E-state index in [9.17, 15) is 0 Å². The van der Waals surface area contributed by atoms with Crippen LogP contribution >= 0.6 is 0 Å². The Bertz CT molecular complexity index is 416. The molecule has 1 aromatic carbocycles. The number of rotatable bonds is 8. The van der Waals surface area contributed by atoms with Crippen molar-refractivity contribution >= 4 is 0 Å². The van der Waals surface area contributed by atoms with E-state index >= 15 is 0 Å². The molecule has 0 bridgehead atoms. The summed E-state index contributed by atoms with van der Waals surface area (Å²) in [6.07, 6.45) is 10.5. The van der Waals surface area contributed by atoms with Crippen LogP contribution in [-0.4, -0.2) is 13.2 Å². The molecule has 1 aliphatic heterocycles. The van der Waals surface area contributed by atoms with Crippen LogP contribution in [0.15, 0.2) is 18.2 Å². The first-order valence-electron chi connectivity index (χ1n) is 8.78. The lowest BCUT2D eigenvalue weighted by atomic mass is 9.99. The molecule has 0 fully saturated rings. The van der Waals surface area contributed by atoms with Crippen molar-refractivity contribution in [2.45, 2.75) is 71.3 Å². The summed E-state index contributed by atoms with van der Waals surface area (Å²) in [4.78, 5) is 0. The number of nitrogens with one attached hydrogen (secondary N) is 1. The second-order valence-corrected chi connectivity index (χ2v) is 6.26. The summed E-state index contributed by atoms with van der Waals surface area (Å²) < 4.78 is 5.94. The van der Waals surface area contributed by atoms with Crippen LogP contribution in [-0.2, 0) is 0 Å². The standard InChI is InChI=1S/C19H31NO/c1-3-4-5-6-7-8-14-20-18-13-10-15-21-19-16(2)11-9-12-17(18)19/h9,11-12,18,20H,3-8,10,13-15H2,1-2H3. The summed E-state index contributed by atoms with van der Waals surface area (Å²) in [7, 11) is 0. The summed E-state index contributed by atoms with van der Waals surface area (Å²) in [6, 6.07) is 7.00. The summed E-state index contributed by atoms with van der Waals surface area (Å²) in [5.74, 6) is 1.12. The predicted molar refractivity (Wildman–Crippen MR) is 90.0 cm³/mol. The van der Waals surface area contributed by atoms with Gasteiger partial charge in [-0.3, -0.25) is 0 Å². The third-order valence-corrected chi connectivity index (χ3v) is 4.42. The first-order valence-corrected chi connectivity index (χ1v) is 8.78. The Balaban J connectivity index is 1.80. The Morgan fingerprint density at radius 3 is 2.81 bits per heavy atom. The maximum atomic E-state index is 5.94. The van der Waals surface area contributed by atoms with Gasteiger partial charge >= 0.3 is 0 Å². The number of aryl methyl sites for hydroxylation is 1. The van der Waals surface area contributed by atoms with E-state index in [1.165, 1.54) is 56.1 Å². The third-order valence-electron chi connectivity index (χ3n) is 4.42. The van der Waals surface area contributed by atoms with E-state index in [0.717, 1.165) is 25.3 Å². The van der Waals surface area contributed by atoms with Gasteiger partial charge in [0, 0.05) is 11.6 Å². The average Bonchev–Trinajstić information content (AvgIpc) is 2.70. The van der Waals surface area contributed by atoms with E-state index in [0.29, 0.717) is 6.04 Å². The topological polar surface area (TPSA) is 21.3 Å². The van der Waals surface area contributed by atoms with Crippen LogP contribution in [0.25, 0.3) is 0 Å². The molecule has 0 aromatic heterocycles. The molecule has 0 aliphatic carbocycles. The van der Waals surface area contributed by atoms with E-state index < -0.39 is 0 Å². The number of fused-ring (bicyclic) bond motifs is 1. The van der Waals surface area contributed by atoms with E-state index in [4.69, 9.17) is 4.74 Å². The number of benzene rings is 1. The molecule has 2 heteroatoms. The highest BCUT2D eigenvalue weighted by atomic mass is 16.5. The van der Waals surface area contributed by atoms with Crippen LogP contribution in [0.5, 0.6) is 5.75 Å². The van der Waals surface area contributed by atoms with Crippen molar-refractivity contribution in [1.82, 2.24) is 5.32 Å². The molecular formula is C19H31NO. The second kappa shape index (κ2) is 9.09. The predicted octanol–water partition coefficient (Wildman–Crippen LogP) is 5.16. The molecule has 0 saturated carbocycles. The van der Waals surface area contributed by atoms with Crippen LogP contribution in [0.4, 0.5) is 0 Å². The highest BCUT2D eigenvalue weighted by molar-refractivity contribution is 5.43. The fourth-order valence-electron chi connectivity index (χ4n) is 3.16. The number of hydrogen-bond donors (Lipinski definition) is 1. The van der Waals surface area contributed by atoms with Crippen molar-refractivity contribution in [3.05, 3.63) is 29.3 Å². The monoisotopic (exact) mass is 289 g/mol. The first kappa shape index (κ1) is 16.4. The molecule has 21 heavy (non-hydrogen) atoms. The minimum atomic E-state index is 0.470. The van der Waals surface area contributed by atoms with Gasteiger partial charge in [0.05, 0.1) is 6.61 Å². The Morgan fingerprint density at radius 1 is 1.14 bits per heavy atom. The van der Waals surface area contributed by atoms with Crippen LogP contribution in [0, 0.1) is 6.92 Å². The zero-order valence-corrected chi connectivity index (χ0v) is 13.8. The second-order valence-electron chi connectivity index (χ2n) is 6.26. The Kier molecular flexibility index (Phi) is 7.08. The van der Waals surface area contributed by atoms with Crippen molar-refractivity contribution in [2.24, 2.45) is 0 Å². The van der Waals surface area contributed by atoms with Gasteiger partial charge in [0.2, 0.25) is 0 Å². The number of hydrogen-bond acceptors (Lipinski definition) is 2. The van der Waals surface area contributed by atoms with Crippen LogP contribution in [0.2, 0.25) is 0 Å². The van der Waals surface area contributed by atoms with Gasteiger partial charge in [-0.15, -0.1) is 0 Å². The van der Waals surface area contributed by atoms with Gasteiger partial charge in [-0.05, 0) is 38.3 Å². The fourth-order valence-corrected chi connectivity index (χ4v) is 3.16. The van der Waals surface area contributed by atoms with Gasteiger partial charge in [-0.2, -0.15) is 0 Å². The zero-order chi connectivity index (χ0) is 14.9. The molecule has 2 rings (SSSR count). The third kappa shape index (κ3) is 5.03. The fraction of sp³-hybridized carbons (Fsp3) is 0.684. The molecule has 1 N–H and O–H groups in total. The average molecular weight is 289 g/mol. The van der Waals surface area contributed by atoms with Crippen molar-refractivity contribution in [1.29, 1.82) is 0 Å². The molecule has 1 heterocycles. The molecule has 0 amide bonds. The molecule has 1 atom stereocenters. The van der Waals surface area contributed by atoms with Crippen molar-refractivity contribution in [3.63, 3.8) is 0 Å². The van der Waals surface area contributed by atoms with Gasteiger partial charge in [-0.25, -0.2) is 0 Å². The largest absolute Gasteiger partial charge is 0.493 e. The summed E-state index contributed by atoms with van der Waals surface area (Å²) in [5.41, 5.74) is 2.62. The molecule has 2 nitrogen and oxygen atoms in total. The summed E-state index contributed by atoms with van der Waals surface area (Å²) in [6.45, 7) is 6.40. The summed E-state index contributed by atoms with van der Waals surface area (Å²) in [5, 5.41) is 3.76. The number of unbranched alkanes of at least 4 members (excludes halogenated alkanes) is 5. The minimum absolute atomic E-state index is 0.470. The van der Waals surface area contributed by atoms with Gasteiger partial charge in [0.1, 0.15) is 5.75 Å². The Morgan fingerprint density at radius 2 is 1.95 bits per heavy atom. The number of ether oxygens (including phenoxy) is 1. The zero-order valence-electron chi connectivity index (χ0n) is 13.8.